The average Bonchev–Trinajstić information content (AvgIpc) is 2.44. The highest BCUT2D eigenvalue weighted by Crippen LogP contribution is 2.37. The molecular weight excluding hydrogens is 296 g/mol. The Labute approximate surface area is 137 Å². The van der Waals surface area contributed by atoms with Crippen LogP contribution in [0.4, 0.5) is 0 Å². The summed E-state index contributed by atoms with van der Waals surface area (Å²) in [6, 6.07) is 0. The van der Waals surface area contributed by atoms with Gasteiger partial charge in [0.15, 0.2) is 14.6 Å². The van der Waals surface area contributed by atoms with E-state index in [0.717, 1.165) is 25.9 Å². The van der Waals surface area contributed by atoms with Crippen LogP contribution in [0.15, 0.2) is 12.7 Å². The summed E-state index contributed by atoms with van der Waals surface area (Å²) in [6.45, 7) is 15.9. The minimum atomic E-state index is -1.89. The van der Waals surface area contributed by atoms with Crippen molar-refractivity contribution in [3.05, 3.63) is 12.7 Å². The molecule has 1 heterocycles. The highest BCUT2D eigenvalue weighted by molar-refractivity contribution is 6.74. The van der Waals surface area contributed by atoms with E-state index < -0.39 is 13.9 Å². The summed E-state index contributed by atoms with van der Waals surface area (Å²) in [5.74, 6) is 0. The lowest BCUT2D eigenvalue weighted by Crippen LogP contribution is -2.48. The minimum absolute atomic E-state index is 0.120. The molecule has 0 radical (unpaired) electrons. The average molecular weight is 331 g/mol. The Kier molecular flexibility index (Phi) is 7.27. The molecule has 0 spiro atoms. The quantitative estimate of drug-likeness (QED) is 0.542. The van der Waals surface area contributed by atoms with Crippen molar-refractivity contribution in [1.29, 1.82) is 0 Å². The molecule has 5 heteroatoms. The number of rotatable bonds is 8. The van der Waals surface area contributed by atoms with Gasteiger partial charge < -0.3 is 19.0 Å². The van der Waals surface area contributed by atoms with Gasteiger partial charge >= 0.3 is 0 Å². The van der Waals surface area contributed by atoms with Crippen LogP contribution in [-0.4, -0.2) is 45.1 Å². The fourth-order valence-electron chi connectivity index (χ4n) is 2.05. The Morgan fingerprint density at radius 1 is 1.27 bits per heavy atom. The van der Waals surface area contributed by atoms with Crippen molar-refractivity contribution < 1.29 is 19.0 Å². The molecule has 1 aliphatic rings. The molecule has 1 aliphatic heterocycles. The second-order valence-corrected chi connectivity index (χ2v) is 12.7. The zero-order valence-electron chi connectivity index (χ0n) is 15.0. The summed E-state index contributed by atoms with van der Waals surface area (Å²) in [7, 11) is -1.89. The van der Waals surface area contributed by atoms with Gasteiger partial charge in [0, 0.05) is 6.61 Å². The summed E-state index contributed by atoms with van der Waals surface area (Å²) in [4.78, 5) is 0. The van der Waals surface area contributed by atoms with Crippen molar-refractivity contribution in [3.8, 4) is 0 Å². The highest BCUT2D eigenvalue weighted by atomic mass is 28.4. The maximum Gasteiger partial charge on any atom is 0.192 e. The summed E-state index contributed by atoms with van der Waals surface area (Å²) in [5.41, 5.74) is -1.03. The highest BCUT2D eigenvalue weighted by Gasteiger charge is 2.40. The fraction of sp³-hybridized carbons (Fsp3) is 0.882. The maximum absolute atomic E-state index is 10.8. The van der Waals surface area contributed by atoms with Gasteiger partial charge in [-0.3, -0.25) is 0 Å². The summed E-state index contributed by atoms with van der Waals surface area (Å²) in [5, 5.41) is 10.9. The topological polar surface area (TPSA) is 47.9 Å². The molecule has 0 bridgehead atoms. The minimum Gasteiger partial charge on any atom is -0.414 e. The number of hydrogen-bond acceptors (Lipinski definition) is 4. The van der Waals surface area contributed by atoms with E-state index in [1.807, 2.05) is 0 Å². The molecule has 1 saturated heterocycles. The van der Waals surface area contributed by atoms with Crippen LogP contribution in [0.5, 0.6) is 0 Å². The van der Waals surface area contributed by atoms with Crippen molar-refractivity contribution >= 4 is 8.32 Å². The molecule has 0 aromatic rings. The van der Waals surface area contributed by atoms with Gasteiger partial charge in [-0.25, -0.2) is 0 Å². The van der Waals surface area contributed by atoms with Gasteiger partial charge in [-0.2, -0.15) is 0 Å². The maximum atomic E-state index is 10.8. The predicted molar refractivity (Wildman–Crippen MR) is 92.5 cm³/mol. The Balaban J connectivity index is 2.56. The molecule has 1 fully saturated rings. The van der Waals surface area contributed by atoms with Crippen LogP contribution in [-0.2, 0) is 13.9 Å². The van der Waals surface area contributed by atoms with E-state index in [2.05, 4.69) is 40.4 Å². The van der Waals surface area contributed by atoms with Crippen LogP contribution in [0.1, 0.15) is 46.5 Å². The standard InChI is InChI=1S/C17H34O4Si/c1-7-11-17(18,13-20-15-10-8-9-12-19-15)14-21-22(5,6)16(2,3)4/h7,15,18H,1,8-14H2,2-6H3/t15?,17-/m1/s1. The van der Waals surface area contributed by atoms with Crippen LogP contribution in [0.2, 0.25) is 18.1 Å². The third kappa shape index (κ3) is 6.12. The Bertz CT molecular complexity index is 345. The van der Waals surface area contributed by atoms with E-state index in [1.165, 1.54) is 0 Å². The van der Waals surface area contributed by atoms with Crippen LogP contribution >= 0.6 is 0 Å². The zero-order valence-corrected chi connectivity index (χ0v) is 16.0. The normalized spacial score (nSPS) is 23.1. The third-order valence-corrected chi connectivity index (χ3v) is 9.19. The van der Waals surface area contributed by atoms with Crippen molar-refractivity contribution in [2.24, 2.45) is 0 Å². The van der Waals surface area contributed by atoms with E-state index in [9.17, 15) is 5.11 Å². The van der Waals surface area contributed by atoms with Gasteiger partial charge in [-0.15, -0.1) is 6.58 Å². The molecule has 22 heavy (non-hydrogen) atoms. The van der Waals surface area contributed by atoms with Gasteiger partial charge in [0.05, 0.1) is 13.2 Å². The predicted octanol–water partition coefficient (Wildman–Crippen LogP) is 3.86. The Hall–Kier alpha value is -0.203. The molecule has 0 aromatic carbocycles. The lowest BCUT2D eigenvalue weighted by molar-refractivity contribution is -0.195. The lowest BCUT2D eigenvalue weighted by atomic mass is 10.0. The van der Waals surface area contributed by atoms with Crippen LogP contribution < -0.4 is 0 Å². The molecular formula is C17H34O4Si. The molecule has 2 atom stereocenters. The second kappa shape index (κ2) is 8.06. The number of hydrogen-bond donors (Lipinski definition) is 1. The van der Waals surface area contributed by atoms with E-state index in [1.54, 1.807) is 6.08 Å². The Morgan fingerprint density at radius 3 is 2.45 bits per heavy atom. The first kappa shape index (κ1) is 19.8. The van der Waals surface area contributed by atoms with Crippen molar-refractivity contribution in [1.82, 2.24) is 0 Å². The molecule has 1 rings (SSSR count). The zero-order chi connectivity index (χ0) is 16.9. The van der Waals surface area contributed by atoms with E-state index in [-0.39, 0.29) is 24.5 Å². The third-order valence-electron chi connectivity index (χ3n) is 4.71. The fourth-order valence-corrected chi connectivity index (χ4v) is 3.11. The van der Waals surface area contributed by atoms with Crippen LogP contribution in [0, 0.1) is 0 Å². The largest absolute Gasteiger partial charge is 0.414 e. The Morgan fingerprint density at radius 2 is 1.95 bits per heavy atom. The summed E-state index contributed by atoms with van der Waals surface area (Å²) >= 11 is 0. The molecule has 0 saturated carbocycles. The first-order valence-corrected chi connectivity index (χ1v) is 11.2. The summed E-state index contributed by atoms with van der Waals surface area (Å²) in [6.07, 6.45) is 5.08. The van der Waals surface area contributed by atoms with Crippen molar-refractivity contribution in [2.45, 2.75) is 76.5 Å². The summed E-state index contributed by atoms with van der Waals surface area (Å²) < 4.78 is 17.5. The van der Waals surface area contributed by atoms with Crippen molar-refractivity contribution in [2.75, 3.05) is 19.8 Å². The van der Waals surface area contributed by atoms with Gasteiger partial charge in [0.2, 0.25) is 0 Å². The second-order valence-electron chi connectivity index (χ2n) is 7.87. The SMILES string of the molecule is C=CC[C@@](O)(COC1CCCCO1)CO[Si](C)(C)C(C)(C)C. The first-order chi connectivity index (χ1) is 10.1. The van der Waals surface area contributed by atoms with Crippen LogP contribution in [0.3, 0.4) is 0 Å². The van der Waals surface area contributed by atoms with Gasteiger partial charge in [0.1, 0.15) is 5.60 Å². The van der Waals surface area contributed by atoms with Crippen LogP contribution in [0.25, 0.3) is 0 Å². The van der Waals surface area contributed by atoms with E-state index in [0.29, 0.717) is 6.42 Å². The van der Waals surface area contributed by atoms with Gasteiger partial charge in [0.25, 0.3) is 0 Å². The lowest BCUT2D eigenvalue weighted by Gasteiger charge is -2.39. The van der Waals surface area contributed by atoms with Crippen molar-refractivity contribution in [3.63, 3.8) is 0 Å². The van der Waals surface area contributed by atoms with E-state index >= 15 is 0 Å². The number of ether oxygens (including phenoxy) is 2. The molecule has 1 unspecified atom stereocenters. The van der Waals surface area contributed by atoms with Gasteiger partial charge in [-0.1, -0.05) is 26.8 Å². The van der Waals surface area contributed by atoms with Gasteiger partial charge in [-0.05, 0) is 43.8 Å². The molecule has 130 valence electrons. The first-order valence-electron chi connectivity index (χ1n) is 8.30. The molecule has 1 N–H and O–H groups in total. The monoisotopic (exact) mass is 330 g/mol. The van der Waals surface area contributed by atoms with E-state index in [4.69, 9.17) is 13.9 Å². The smallest absolute Gasteiger partial charge is 0.192 e. The molecule has 0 aromatic heterocycles. The molecule has 0 aliphatic carbocycles. The number of aliphatic hydroxyl groups is 1. The molecule has 4 nitrogen and oxygen atoms in total. The molecule has 0 amide bonds.